The summed E-state index contributed by atoms with van der Waals surface area (Å²) in [5, 5.41) is 2.82. The van der Waals surface area contributed by atoms with Crippen LogP contribution in [0.2, 0.25) is 0 Å². The fraction of sp³-hybridized carbons (Fsp3) is 0.680. The highest BCUT2D eigenvalue weighted by Crippen LogP contribution is 2.37. The van der Waals surface area contributed by atoms with Gasteiger partial charge in [-0.25, -0.2) is 22.2 Å². The van der Waals surface area contributed by atoms with Crippen LogP contribution in [0, 0.1) is 11.8 Å². The second kappa shape index (κ2) is 10.5. The molecule has 1 aromatic carbocycles. The minimum Gasteiger partial charge on any atom is -0.356 e. The molecule has 2 aromatic rings. The van der Waals surface area contributed by atoms with Crippen molar-refractivity contribution >= 4 is 27.0 Å². The molecule has 0 unspecified atom stereocenters. The van der Waals surface area contributed by atoms with E-state index < -0.39 is 15.9 Å². The Kier molecular flexibility index (Phi) is 7.80. The molecule has 0 atom stereocenters. The summed E-state index contributed by atoms with van der Waals surface area (Å²) in [5.41, 5.74) is 1.49. The predicted molar refractivity (Wildman–Crippen MR) is 131 cm³/mol. The van der Waals surface area contributed by atoms with Gasteiger partial charge < -0.3 is 9.88 Å². The Morgan fingerprint density at radius 1 is 1.17 bits per heavy atom. The van der Waals surface area contributed by atoms with Crippen molar-refractivity contribution in [2.24, 2.45) is 11.8 Å². The third-order valence-corrected chi connectivity index (χ3v) is 9.13. The predicted octanol–water partition coefficient (Wildman–Crippen LogP) is 4.35. The molecule has 2 aliphatic rings. The van der Waals surface area contributed by atoms with Gasteiger partial charge in [0.2, 0.25) is 21.9 Å². The topological polar surface area (TPSA) is 84.3 Å². The smallest absolute Gasteiger partial charge is 0.248 e. The van der Waals surface area contributed by atoms with Crippen molar-refractivity contribution < 1.29 is 22.0 Å². The number of sulfonamides is 1. The Bertz CT molecular complexity index is 1150. The Morgan fingerprint density at radius 2 is 1.89 bits per heavy atom. The molecule has 1 aromatic heterocycles. The molecular weight excluding hydrogens is 474 g/mol. The SMILES string of the molecule is CCCCc1nc2cc(S(=O)(=O)N3CC(CNC(=O)CC)C3)ccc2n1CC1CCC(F)(F)CC1. The summed E-state index contributed by atoms with van der Waals surface area (Å²) in [6.07, 6.45) is 3.98. The molecule has 0 spiro atoms. The molecule has 1 aliphatic carbocycles. The number of unbranched alkanes of at least 4 members (excludes halogenated alkanes) is 1. The average Bonchev–Trinajstić information content (AvgIpc) is 3.14. The molecule has 2 fully saturated rings. The van der Waals surface area contributed by atoms with Crippen molar-refractivity contribution in [1.29, 1.82) is 0 Å². The molecule has 194 valence electrons. The van der Waals surface area contributed by atoms with Gasteiger partial charge in [0.1, 0.15) is 5.82 Å². The van der Waals surface area contributed by atoms with Crippen molar-refractivity contribution in [2.75, 3.05) is 19.6 Å². The standard InChI is InChI=1S/C25H36F2N4O3S/c1-3-5-6-23-29-21-13-20(35(33,34)30-15-19(16-30)14-28-24(32)4-2)7-8-22(21)31(23)17-18-9-11-25(26,27)12-10-18/h7-8,13,18-19H,3-6,9-12,14-17H2,1-2H3,(H,28,32). The van der Waals surface area contributed by atoms with Gasteiger partial charge in [0.15, 0.2) is 0 Å². The van der Waals surface area contributed by atoms with Gasteiger partial charge in [0.05, 0.1) is 15.9 Å². The lowest BCUT2D eigenvalue weighted by atomic mass is 9.86. The quantitative estimate of drug-likeness (QED) is 0.515. The zero-order valence-corrected chi connectivity index (χ0v) is 21.4. The molecule has 1 saturated heterocycles. The van der Waals surface area contributed by atoms with E-state index in [-0.39, 0.29) is 35.5 Å². The minimum absolute atomic E-state index is 0.0341. The maximum atomic E-state index is 13.6. The lowest BCUT2D eigenvalue weighted by Gasteiger charge is -2.38. The number of fused-ring (bicyclic) bond motifs is 1. The molecule has 7 nitrogen and oxygen atoms in total. The van der Waals surface area contributed by atoms with Crippen molar-refractivity contribution in [3.8, 4) is 0 Å². The van der Waals surface area contributed by atoms with Crippen LogP contribution in [-0.4, -0.2) is 53.7 Å². The van der Waals surface area contributed by atoms with Gasteiger partial charge in [-0.3, -0.25) is 4.79 Å². The number of benzene rings is 1. The number of aryl methyl sites for hydroxylation is 1. The van der Waals surface area contributed by atoms with Crippen LogP contribution in [0.5, 0.6) is 0 Å². The van der Waals surface area contributed by atoms with Gasteiger partial charge in [0, 0.05) is 57.8 Å². The maximum absolute atomic E-state index is 13.6. The van der Waals surface area contributed by atoms with Gasteiger partial charge in [-0.1, -0.05) is 20.3 Å². The first kappa shape index (κ1) is 26.0. The van der Waals surface area contributed by atoms with Gasteiger partial charge in [-0.05, 0) is 43.4 Å². The molecule has 35 heavy (non-hydrogen) atoms. The van der Waals surface area contributed by atoms with E-state index in [9.17, 15) is 22.0 Å². The number of carbonyl (C=O) groups excluding carboxylic acids is 1. The molecule has 0 radical (unpaired) electrons. The van der Waals surface area contributed by atoms with Crippen molar-refractivity contribution in [3.05, 3.63) is 24.0 Å². The molecule has 1 amide bonds. The second-order valence-corrected chi connectivity index (χ2v) is 12.0. The van der Waals surface area contributed by atoms with Crippen LogP contribution in [0.15, 0.2) is 23.1 Å². The first-order valence-electron chi connectivity index (χ1n) is 12.8. The molecular formula is C25H36F2N4O3S. The monoisotopic (exact) mass is 510 g/mol. The number of halogens is 2. The number of imidazole rings is 1. The molecule has 0 bridgehead atoms. The Hall–Kier alpha value is -2.07. The van der Waals surface area contributed by atoms with E-state index in [1.165, 1.54) is 4.31 Å². The fourth-order valence-electron chi connectivity index (χ4n) is 4.97. The summed E-state index contributed by atoms with van der Waals surface area (Å²) in [4.78, 5) is 16.4. The highest BCUT2D eigenvalue weighted by Gasteiger charge is 2.37. The highest BCUT2D eigenvalue weighted by atomic mass is 32.2. The van der Waals surface area contributed by atoms with Crippen LogP contribution >= 0.6 is 0 Å². The van der Waals surface area contributed by atoms with E-state index in [2.05, 4.69) is 16.8 Å². The summed E-state index contributed by atoms with van der Waals surface area (Å²) >= 11 is 0. The van der Waals surface area contributed by atoms with Crippen LogP contribution in [0.1, 0.15) is 64.6 Å². The summed E-state index contributed by atoms with van der Waals surface area (Å²) < 4.78 is 57.2. The van der Waals surface area contributed by atoms with E-state index in [4.69, 9.17) is 4.98 Å². The van der Waals surface area contributed by atoms with Crippen LogP contribution < -0.4 is 5.32 Å². The number of amides is 1. The number of hydrogen-bond acceptors (Lipinski definition) is 4. The van der Waals surface area contributed by atoms with Gasteiger partial charge in [-0.15, -0.1) is 0 Å². The normalized spacial score (nSPS) is 19.7. The second-order valence-electron chi connectivity index (χ2n) is 10.0. The lowest BCUT2D eigenvalue weighted by molar-refractivity contribution is -0.121. The fourth-order valence-corrected chi connectivity index (χ4v) is 6.58. The molecule has 4 rings (SSSR count). The van der Waals surface area contributed by atoms with Crippen molar-refractivity contribution in [1.82, 2.24) is 19.2 Å². The van der Waals surface area contributed by atoms with E-state index in [0.29, 0.717) is 51.0 Å². The van der Waals surface area contributed by atoms with Gasteiger partial charge >= 0.3 is 0 Å². The number of alkyl halides is 2. The lowest BCUT2D eigenvalue weighted by Crippen LogP contribution is -2.53. The van der Waals surface area contributed by atoms with E-state index in [1.54, 1.807) is 25.1 Å². The van der Waals surface area contributed by atoms with E-state index >= 15 is 0 Å². The average molecular weight is 511 g/mol. The first-order chi connectivity index (χ1) is 16.6. The third kappa shape index (κ3) is 5.85. The van der Waals surface area contributed by atoms with Gasteiger partial charge in [0.25, 0.3) is 0 Å². The number of carbonyl (C=O) groups is 1. The Balaban J connectivity index is 1.51. The number of aromatic nitrogens is 2. The van der Waals surface area contributed by atoms with Crippen LogP contribution in [0.3, 0.4) is 0 Å². The van der Waals surface area contributed by atoms with E-state index in [0.717, 1.165) is 30.6 Å². The van der Waals surface area contributed by atoms with Crippen LogP contribution in [0.25, 0.3) is 11.0 Å². The zero-order chi connectivity index (χ0) is 25.2. The Labute approximate surface area is 206 Å². The summed E-state index contributed by atoms with van der Waals surface area (Å²) in [6, 6.07) is 5.07. The largest absolute Gasteiger partial charge is 0.356 e. The minimum atomic E-state index is -3.64. The number of nitrogens with one attached hydrogen (secondary N) is 1. The Morgan fingerprint density at radius 3 is 2.54 bits per heavy atom. The van der Waals surface area contributed by atoms with Crippen LogP contribution in [-0.2, 0) is 27.8 Å². The first-order valence-corrected chi connectivity index (χ1v) is 14.2. The molecule has 1 saturated carbocycles. The zero-order valence-electron chi connectivity index (χ0n) is 20.6. The summed E-state index contributed by atoms with van der Waals surface area (Å²) in [5.74, 6) is -1.41. The number of rotatable bonds is 10. The van der Waals surface area contributed by atoms with Crippen molar-refractivity contribution in [2.45, 2.75) is 82.6 Å². The summed E-state index contributed by atoms with van der Waals surface area (Å²) in [7, 11) is -3.64. The third-order valence-electron chi connectivity index (χ3n) is 7.30. The molecule has 1 aliphatic heterocycles. The maximum Gasteiger partial charge on any atom is 0.248 e. The number of hydrogen-bond donors (Lipinski definition) is 1. The molecule has 1 N–H and O–H groups in total. The van der Waals surface area contributed by atoms with Crippen LogP contribution in [0.4, 0.5) is 8.78 Å². The van der Waals surface area contributed by atoms with Gasteiger partial charge in [-0.2, -0.15) is 4.31 Å². The summed E-state index contributed by atoms with van der Waals surface area (Å²) in [6.45, 7) is 5.77. The molecule has 2 heterocycles. The molecule has 10 heteroatoms. The van der Waals surface area contributed by atoms with Crippen molar-refractivity contribution in [3.63, 3.8) is 0 Å². The highest BCUT2D eigenvalue weighted by molar-refractivity contribution is 7.89. The van der Waals surface area contributed by atoms with E-state index in [1.807, 2.05) is 0 Å². The number of nitrogens with zero attached hydrogens (tertiary/aromatic N) is 3.